The quantitative estimate of drug-likeness (QED) is 0.359. The molecule has 0 aliphatic heterocycles. The molecule has 178 valence electrons. The summed E-state index contributed by atoms with van der Waals surface area (Å²) in [6.45, 7) is 4.60. The number of rotatable bonds is 9. The molecule has 4 nitrogen and oxygen atoms in total. The van der Waals surface area contributed by atoms with Crippen molar-refractivity contribution in [3.05, 3.63) is 76.2 Å². The first-order valence-corrected chi connectivity index (χ1v) is 13.6. The summed E-state index contributed by atoms with van der Waals surface area (Å²) in [5, 5.41) is 0. The van der Waals surface area contributed by atoms with Crippen molar-refractivity contribution in [1.82, 2.24) is 4.98 Å². The lowest BCUT2D eigenvalue weighted by Crippen LogP contribution is -2.06. The van der Waals surface area contributed by atoms with Gasteiger partial charge in [-0.15, -0.1) is 0 Å². The van der Waals surface area contributed by atoms with E-state index in [0.29, 0.717) is 23.8 Å². The minimum absolute atomic E-state index is 0.177. The smallest absolute Gasteiger partial charge is 0.213 e. The zero-order chi connectivity index (χ0) is 23.8. The molecule has 1 saturated carbocycles. The maximum atomic E-state index is 14.6. The molecule has 1 heterocycles. The van der Waals surface area contributed by atoms with Crippen molar-refractivity contribution >= 4 is 10.8 Å². The molecule has 0 N–H and O–H groups in total. The Kier molecular flexibility index (Phi) is 6.43. The predicted molar refractivity (Wildman–Crippen MR) is 133 cm³/mol. The normalized spacial score (nSPS) is 18.8. The fraction of sp³-hybridized carbons (Fsp3) is 0.393. The number of benzene rings is 2. The summed E-state index contributed by atoms with van der Waals surface area (Å²) < 4.78 is 37.6. The third kappa shape index (κ3) is 4.88. The molecule has 0 radical (unpaired) electrons. The minimum atomic E-state index is -0.821. The van der Waals surface area contributed by atoms with Crippen molar-refractivity contribution in [3.63, 3.8) is 0 Å². The number of halogens is 1. The van der Waals surface area contributed by atoms with E-state index >= 15 is 0 Å². The van der Waals surface area contributed by atoms with Gasteiger partial charge in [0.05, 0.1) is 6.61 Å². The Balaban J connectivity index is 1.29. The van der Waals surface area contributed by atoms with Gasteiger partial charge in [0, 0.05) is 45.7 Å². The first-order valence-electron chi connectivity index (χ1n) is 11.8. The molecule has 34 heavy (non-hydrogen) atoms. The van der Waals surface area contributed by atoms with Crippen LogP contribution in [0.15, 0.2) is 42.5 Å². The molecular weight excluding hydrogens is 449 g/mol. The van der Waals surface area contributed by atoms with Gasteiger partial charge < -0.3 is 9.47 Å². The largest absolute Gasteiger partial charge is 0.489 e. The van der Waals surface area contributed by atoms with Crippen LogP contribution in [0.4, 0.5) is 4.39 Å². The Morgan fingerprint density at radius 2 is 1.97 bits per heavy atom. The molecule has 2 aliphatic carbocycles. The van der Waals surface area contributed by atoms with Crippen LogP contribution in [0, 0.1) is 25.6 Å². The van der Waals surface area contributed by atoms with Gasteiger partial charge in [-0.1, -0.05) is 12.1 Å². The maximum Gasteiger partial charge on any atom is 0.213 e. The molecular formula is C28H30FNO3S. The molecule has 0 saturated heterocycles. The van der Waals surface area contributed by atoms with E-state index in [0.717, 1.165) is 52.8 Å². The molecule has 3 aromatic rings. The first kappa shape index (κ1) is 23.0. The number of fused-ring (bicyclic) bond motifs is 3. The number of hydrogen-bond donors (Lipinski definition) is 0. The number of hydrogen-bond acceptors (Lipinski definition) is 4. The molecule has 0 amide bonds. The first-order chi connectivity index (χ1) is 16.4. The summed E-state index contributed by atoms with van der Waals surface area (Å²) in [7, 11) is -0.821. The zero-order valence-corrected chi connectivity index (χ0v) is 20.7. The highest BCUT2D eigenvalue weighted by molar-refractivity contribution is 7.84. The van der Waals surface area contributed by atoms with Gasteiger partial charge in [0.25, 0.3) is 0 Å². The molecule has 0 spiro atoms. The second-order valence-electron chi connectivity index (χ2n) is 9.48. The Morgan fingerprint density at radius 1 is 1.12 bits per heavy atom. The van der Waals surface area contributed by atoms with Crippen LogP contribution in [0.1, 0.15) is 46.7 Å². The van der Waals surface area contributed by atoms with Crippen LogP contribution in [0.3, 0.4) is 0 Å². The van der Waals surface area contributed by atoms with Crippen LogP contribution in [0.5, 0.6) is 11.6 Å². The van der Waals surface area contributed by atoms with Gasteiger partial charge >= 0.3 is 0 Å². The summed E-state index contributed by atoms with van der Waals surface area (Å²) in [4.78, 5) is 4.59. The van der Waals surface area contributed by atoms with Gasteiger partial charge in [0.15, 0.2) is 0 Å². The number of nitrogens with zero attached hydrogens (tertiary/aromatic N) is 1. The Hall–Kier alpha value is -2.73. The highest BCUT2D eigenvalue weighted by atomic mass is 32.2. The Labute approximate surface area is 203 Å². The fourth-order valence-corrected chi connectivity index (χ4v) is 5.62. The molecule has 2 aliphatic rings. The van der Waals surface area contributed by atoms with Crippen molar-refractivity contribution in [1.29, 1.82) is 0 Å². The van der Waals surface area contributed by atoms with E-state index in [1.165, 1.54) is 23.6 Å². The van der Waals surface area contributed by atoms with E-state index in [1.807, 2.05) is 32.0 Å². The van der Waals surface area contributed by atoms with E-state index < -0.39 is 10.8 Å². The van der Waals surface area contributed by atoms with Gasteiger partial charge in [0.2, 0.25) is 5.88 Å². The monoisotopic (exact) mass is 479 g/mol. The molecule has 0 bridgehead atoms. The third-order valence-corrected chi connectivity index (χ3v) is 7.71. The van der Waals surface area contributed by atoms with Crippen molar-refractivity contribution in [2.75, 3.05) is 18.6 Å². The lowest BCUT2D eigenvalue weighted by atomic mass is 9.97. The second-order valence-corrected chi connectivity index (χ2v) is 11.0. The van der Waals surface area contributed by atoms with Crippen LogP contribution in [0.2, 0.25) is 0 Å². The van der Waals surface area contributed by atoms with E-state index in [2.05, 4.69) is 17.1 Å². The highest BCUT2D eigenvalue weighted by Gasteiger charge is 2.44. The van der Waals surface area contributed by atoms with Gasteiger partial charge in [-0.2, -0.15) is 0 Å². The summed E-state index contributed by atoms with van der Waals surface area (Å²) in [5.41, 5.74) is 7.09. The Bertz CT molecular complexity index is 1240. The molecule has 1 fully saturated rings. The minimum Gasteiger partial charge on any atom is -0.489 e. The number of ether oxygens (including phenoxy) is 2. The standard InChI is InChI=1S/C28H30FNO3S/c1-17-11-27(32-9-4-10-34(3)31)30-18(2)28(17)19-5-8-26(29)22(12-19)16-33-23-6-7-24-20(14-23)13-21-15-25(21)24/h5-8,11-12,14,21,25H,4,9-10,13,15-16H2,1-3H3. The van der Waals surface area contributed by atoms with Gasteiger partial charge in [-0.25, -0.2) is 9.37 Å². The van der Waals surface area contributed by atoms with Crippen molar-refractivity contribution < 1.29 is 18.1 Å². The topological polar surface area (TPSA) is 48.4 Å². The van der Waals surface area contributed by atoms with E-state index in [-0.39, 0.29) is 12.4 Å². The van der Waals surface area contributed by atoms with Crippen molar-refractivity contribution in [2.24, 2.45) is 5.92 Å². The second kappa shape index (κ2) is 9.49. The lowest BCUT2D eigenvalue weighted by Gasteiger charge is -2.15. The summed E-state index contributed by atoms with van der Waals surface area (Å²) in [6.07, 6.45) is 4.88. The van der Waals surface area contributed by atoms with Crippen molar-refractivity contribution in [2.45, 2.75) is 45.6 Å². The molecule has 3 unspecified atom stereocenters. The third-order valence-electron chi connectivity index (χ3n) is 6.85. The summed E-state index contributed by atoms with van der Waals surface area (Å²) in [5.74, 6) is 3.29. The number of aromatic nitrogens is 1. The number of pyridine rings is 1. The SMILES string of the molecule is Cc1cc(OCCCS(C)=O)nc(C)c1-c1ccc(F)c(COc2ccc3c(c2)CC2CC32)c1. The van der Waals surface area contributed by atoms with Crippen molar-refractivity contribution in [3.8, 4) is 22.8 Å². The number of aryl methyl sites for hydroxylation is 2. The van der Waals surface area contributed by atoms with Crippen LogP contribution in [-0.2, 0) is 23.8 Å². The van der Waals surface area contributed by atoms with Gasteiger partial charge in [0.1, 0.15) is 18.2 Å². The van der Waals surface area contributed by atoms with E-state index in [4.69, 9.17) is 9.47 Å². The lowest BCUT2D eigenvalue weighted by molar-refractivity contribution is 0.299. The Morgan fingerprint density at radius 3 is 2.76 bits per heavy atom. The molecule has 2 aromatic carbocycles. The van der Waals surface area contributed by atoms with E-state index in [9.17, 15) is 8.60 Å². The zero-order valence-electron chi connectivity index (χ0n) is 19.9. The predicted octanol–water partition coefficient (Wildman–Crippen LogP) is 5.89. The average Bonchev–Trinajstić information content (AvgIpc) is 3.47. The molecule has 6 heteroatoms. The van der Waals surface area contributed by atoms with Crippen LogP contribution >= 0.6 is 0 Å². The molecule has 3 atom stereocenters. The molecule has 5 rings (SSSR count). The summed E-state index contributed by atoms with van der Waals surface area (Å²) in [6, 6.07) is 13.4. The van der Waals surface area contributed by atoms with Crippen LogP contribution in [0.25, 0.3) is 11.1 Å². The summed E-state index contributed by atoms with van der Waals surface area (Å²) >= 11 is 0. The van der Waals surface area contributed by atoms with Gasteiger partial charge in [-0.3, -0.25) is 4.21 Å². The molecule has 1 aromatic heterocycles. The average molecular weight is 480 g/mol. The van der Waals surface area contributed by atoms with Gasteiger partial charge in [-0.05, 0) is 91.5 Å². The van der Waals surface area contributed by atoms with E-state index in [1.54, 1.807) is 12.3 Å². The maximum absolute atomic E-state index is 14.6. The van der Waals surface area contributed by atoms with Crippen LogP contribution in [-0.4, -0.2) is 27.8 Å². The van der Waals surface area contributed by atoms with Crippen LogP contribution < -0.4 is 9.47 Å². The highest BCUT2D eigenvalue weighted by Crippen LogP contribution is 2.56. The fourth-order valence-electron chi connectivity index (χ4n) is 5.09.